The topological polar surface area (TPSA) is 237 Å². The predicted molar refractivity (Wildman–Crippen MR) is 234 cm³/mol. The van der Waals surface area contributed by atoms with Crippen LogP contribution >= 0.6 is 11.6 Å². The fourth-order valence-electron chi connectivity index (χ4n) is 9.64. The number of carbonyl (C=O) groups excluding carboxylic acids is 2. The summed E-state index contributed by atoms with van der Waals surface area (Å²) in [6.45, 7) is 14.0. The number of benzene rings is 2. The Morgan fingerprint density at radius 3 is 1.54 bits per heavy atom. The molecule has 4 saturated heterocycles. The van der Waals surface area contributed by atoms with Gasteiger partial charge in [-0.1, -0.05) is 23.3 Å². The molecule has 0 amide bonds. The van der Waals surface area contributed by atoms with Crippen molar-refractivity contribution in [2.45, 2.75) is 139 Å². The first-order valence-corrected chi connectivity index (χ1v) is 22.0. The van der Waals surface area contributed by atoms with Crippen LogP contribution < -0.4 is 9.47 Å². The van der Waals surface area contributed by atoms with Crippen molar-refractivity contribution < 1.29 is 67.2 Å². The molecule has 65 heavy (non-hydrogen) atoms. The van der Waals surface area contributed by atoms with Crippen LogP contribution in [-0.4, -0.2) is 113 Å². The number of nitro benzene ring substituents is 2. The number of methoxy groups -OCH3 is 2. The van der Waals surface area contributed by atoms with Gasteiger partial charge in [0.15, 0.2) is 0 Å². The number of nitrogens with zero attached hydrogens (tertiary/aromatic N) is 2. The smallest absolute Gasteiger partial charge is 0.428 e. The Kier molecular flexibility index (Phi) is 15.5. The molecule has 8 rings (SSSR count). The zero-order chi connectivity index (χ0) is 47.5. The van der Waals surface area contributed by atoms with Crippen molar-refractivity contribution >= 4 is 34.6 Å². The first kappa shape index (κ1) is 49.9. The molecule has 6 aliphatic rings. The molecule has 6 fully saturated rings. The average Bonchev–Trinajstić information content (AvgIpc) is 4.13. The minimum Gasteiger partial charge on any atom is -0.428 e. The van der Waals surface area contributed by atoms with E-state index in [0.29, 0.717) is 13.0 Å². The Morgan fingerprint density at radius 2 is 1.15 bits per heavy atom. The van der Waals surface area contributed by atoms with E-state index in [1.165, 1.54) is 59.7 Å². The van der Waals surface area contributed by atoms with Crippen LogP contribution in [-0.2, 0) is 33.2 Å². The molecular formula is C46H59ClN2O16. The molecule has 0 radical (unpaired) electrons. The molecule has 0 bridgehead atoms. The SMILES string of the molecule is CO[C@@H]1[C@H](O)CC[C@]2(CO2)[C@H]1[C@@]1(C)O[C@@H]1CC=C(C)C.CO[C@@H]1[C@H](OC(=O)Oc2ccc([N+](=O)[O-])cc2)CC[C@]2(CO2)[C@H]1[C@@]1(C)O[C@@H]1CC=C(C)C.O=C(Cl)Oc1ccc([N+](=O)[O-])cc1. The number of rotatable bonds is 13. The second-order valence-corrected chi connectivity index (χ2v) is 18.5. The van der Waals surface area contributed by atoms with Crippen molar-refractivity contribution in [1.29, 1.82) is 0 Å². The van der Waals surface area contributed by atoms with Crippen LogP contribution in [0.15, 0.2) is 71.8 Å². The van der Waals surface area contributed by atoms with Crippen molar-refractivity contribution in [2.75, 3.05) is 27.4 Å². The fourth-order valence-corrected chi connectivity index (χ4v) is 9.73. The van der Waals surface area contributed by atoms with Crippen LogP contribution in [0.2, 0.25) is 0 Å². The number of epoxide rings is 4. The van der Waals surface area contributed by atoms with E-state index in [1.54, 1.807) is 14.2 Å². The van der Waals surface area contributed by atoms with Crippen molar-refractivity contribution in [2.24, 2.45) is 11.8 Å². The van der Waals surface area contributed by atoms with Gasteiger partial charge in [-0.3, -0.25) is 20.2 Å². The zero-order valence-corrected chi connectivity index (χ0v) is 38.6. The highest BCUT2D eigenvalue weighted by Crippen LogP contribution is 2.61. The quantitative estimate of drug-likeness (QED) is 0.0376. The number of halogens is 1. The lowest BCUT2D eigenvalue weighted by atomic mass is 9.68. The van der Waals surface area contributed by atoms with E-state index in [9.17, 15) is 34.9 Å². The standard InChI is InChI=1S/C23H29NO8.C16H26O4.C7H4ClNO4/c1-14(2)5-10-18-22(3,32-18)20-19(28-4)17(11-12-23(20)13-29-23)31-21(25)30-16-8-6-15(7-9-16)24(26)27;1-10(2)5-6-12-15(3,20-12)14-13(18-4)11(17)7-8-16(14)9-19-16;8-7(10)13-6-3-1-5(2-4-6)9(11)12/h5-9,17-20H,10-13H2,1-4H3;5,11-14,17H,6-9H2,1-4H3;1-4H/t17-,18-,19-,20-,22+,23+;11-,12-,13-,14-,15+,16+;/m11./s1. The van der Waals surface area contributed by atoms with Crippen molar-refractivity contribution in [3.8, 4) is 11.5 Å². The number of non-ortho nitro benzene ring substituents is 2. The van der Waals surface area contributed by atoms with Gasteiger partial charge in [0.1, 0.15) is 40.5 Å². The number of allylic oxidation sites excluding steroid dienone is 2. The van der Waals surface area contributed by atoms with E-state index < -0.39 is 45.3 Å². The molecule has 0 unspecified atom stereocenters. The summed E-state index contributed by atoms with van der Waals surface area (Å²) >= 11 is 4.92. The van der Waals surface area contributed by atoms with Gasteiger partial charge < -0.3 is 47.7 Å². The average molecular weight is 931 g/mol. The summed E-state index contributed by atoms with van der Waals surface area (Å²) in [5.74, 6) is 0.384. The number of ether oxygens (including phenoxy) is 9. The number of carbonyl (C=O) groups is 2. The molecule has 2 spiro atoms. The summed E-state index contributed by atoms with van der Waals surface area (Å²) in [6.07, 6.45) is 6.99. The highest BCUT2D eigenvalue weighted by atomic mass is 35.5. The Hall–Kier alpha value is -4.53. The maximum atomic E-state index is 12.4. The summed E-state index contributed by atoms with van der Waals surface area (Å²) in [6, 6.07) is 10.3. The van der Waals surface area contributed by atoms with Crippen LogP contribution in [0.5, 0.6) is 11.5 Å². The number of aliphatic hydroxyl groups is 1. The van der Waals surface area contributed by atoms with E-state index in [2.05, 4.69) is 58.4 Å². The summed E-state index contributed by atoms with van der Waals surface area (Å²) in [4.78, 5) is 42.6. The summed E-state index contributed by atoms with van der Waals surface area (Å²) < 4.78 is 50.6. The van der Waals surface area contributed by atoms with E-state index in [-0.39, 0.29) is 69.8 Å². The highest BCUT2D eigenvalue weighted by Gasteiger charge is 2.73. The summed E-state index contributed by atoms with van der Waals surface area (Å²) in [5.41, 5.74) is 0.331. The van der Waals surface area contributed by atoms with Gasteiger partial charge in [0.2, 0.25) is 0 Å². The third kappa shape index (κ3) is 11.7. The third-order valence-electron chi connectivity index (χ3n) is 13.2. The molecule has 18 nitrogen and oxygen atoms in total. The molecule has 2 aliphatic carbocycles. The molecule has 4 heterocycles. The lowest BCUT2D eigenvalue weighted by Gasteiger charge is -2.42. The van der Waals surface area contributed by atoms with Gasteiger partial charge in [0.05, 0.1) is 64.9 Å². The van der Waals surface area contributed by atoms with E-state index in [0.717, 1.165) is 38.7 Å². The van der Waals surface area contributed by atoms with Crippen LogP contribution in [0.4, 0.5) is 21.0 Å². The van der Waals surface area contributed by atoms with Crippen LogP contribution in [0.1, 0.15) is 80.1 Å². The number of hydrogen-bond donors (Lipinski definition) is 1. The maximum Gasteiger partial charge on any atom is 0.514 e. The van der Waals surface area contributed by atoms with E-state index in [4.69, 9.17) is 49.5 Å². The van der Waals surface area contributed by atoms with Gasteiger partial charge in [0.25, 0.3) is 11.4 Å². The second-order valence-electron chi connectivity index (χ2n) is 18.2. The Labute approximate surface area is 382 Å². The van der Waals surface area contributed by atoms with Gasteiger partial charge in [-0.2, -0.15) is 0 Å². The largest absolute Gasteiger partial charge is 0.514 e. The third-order valence-corrected chi connectivity index (χ3v) is 13.3. The Balaban J connectivity index is 0.000000180. The monoisotopic (exact) mass is 930 g/mol. The van der Waals surface area contributed by atoms with E-state index in [1.807, 2.05) is 0 Å². The van der Waals surface area contributed by atoms with Crippen LogP contribution in [0.25, 0.3) is 0 Å². The molecule has 4 aliphatic heterocycles. The molecule has 2 aromatic rings. The minimum absolute atomic E-state index is 0.0620. The summed E-state index contributed by atoms with van der Waals surface area (Å²) in [7, 11) is 3.28. The van der Waals surface area contributed by atoms with Crippen LogP contribution in [0.3, 0.4) is 0 Å². The maximum absolute atomic E-state index is 12.4. The number of nitro groups is 2. The number of hydrogen-bond acceptors (Lipinski definition) is 16. The Morgan fingerprint density at radius 1 is 0.738 bits per heavy atom. The second kappa shape index (κ2) is 20.1. The lowest BCUT2D eigenvalue weighted by molar-refractivity contribution is -0.385. The molecule has 19 heteroatoms. The van der Waals surface area contributed by atoms with Gasteiger partial charge in [0, 0.05) is 50.1 Å². The minimum atomic E-state index is -0.978. The first-order valence-electron chi connectivity index (χ1n) is 21.6. The van der Waals surface area contributed by atoms with Crippen molar-refractivity contribution in [1.82, 2.24) is 0 Å². The van der Waals surface area contributed by atoms with Gasteiger partial charge in [-0.05, 0) is 104 Å². The first-order chi connectivity index (χ1) is 30.7. The zero-order valence-electron chi connectivity index (χ0n) is 37.9. The molecule has 2 saturated carbocycles. The van der Waals surface area contributed by atoms with Gasteiger partial charge in [-0.15, -0.1) is 0 Å². The van der Waals surface area contributed by atoms with Gasteiger partial charge >= 0.3 is 11.6 Å². The molecule has 1 N–H and O–H groups in total. The summed E-state index contributed by atoms with van der Waals surface area (Å²) in [5, 5.41) is 31.2. The van der Waals surface area contributed by atoms with Gasteiger partial charge in [-0.25, -0.2) is 9.59 Å². The van der Waals surface area contributed by atoms with E-state index >= 15 is 0 Å². The number of aliphatic hydroxyl groups excluding tert-OH is 1. The normalized spacial score (nSPS) is 34.6. The van der Waals surface area contributed by atoms with Crippen molar-refractivity contribution in [3.05, 3.63) is 92.1 Å². The van der Waals surface area contributed by atoms with Crippen LogP contribution in [0, 0.1) is 32.1 Å². The fraction of sp³-hybridized carbons (Fsp3) is 0.609. The molecule has 356 valence electrons. The molecule has 0 aromatic heterocycles. The predicted octanol–water partition coefficient (Wildman–Crippen LogP) is 8.57. The van der Waals surface area contributed by atoms with Crippen molar-refractivity contribution in [3.63, 3.8) is 0 Å². The highest BCUT2D eigenvalue weighted by molar-refractivity contribution is 6.61. The molecule has 12 atom stereocenters. The Bertz CT molecular complexity index is 2100. The lowest BCUT2D eigenvalue weighted by Crippen LogP contribution is -2.55. The molecular weight excluding hydrogens is 872 g/mol. The molecule has 2 aromatic carbocycles.